The molecule has 1 aromatic rings. The highest BCUT2D eigenvalue weighted by atomic mass is 79.9. The third kappa shape index (κ3) is 6.19. The number of carbonyl (C=O) groups is 1. The Balaban J connectivity index is 0.00000122. The summed E-state index contributed by atoms with van der Waals surface area (Å²) in [6.07, 6.45) is 3.02. The number of carbonyl (C=O) groups excluding carboxylic acids is 1. The van der Waals surface area contributed by atoms with Gasteiger partial charge in [-0.1, -0.05) is 19.8 Å². The smallest absolute Gasteiger partial charge is 0.170 e. The molecule has 0 unspecified atom stereocenters. The Morgan fingerprint density at radius 3 is 2.43 bits per heavy atom. The van der Waals surface area contributed by atoms with Crippen LogP contribution < -0.4 is 4.74 Å². The number of hydrogen-bond acceptors (Lipinski definition) is 5. The molecule has 120 valence electrons. The van der Waals surface area contributed by atoms with E-state index in [0.29, 0.717) is 6.42 Å². The van der Waals surface area contributed by atoms with E-state index in [-0.39, 0.29) is 33.1 Å². The number of benzene rings is 1. The molecule has 0 aliphatic heterocycles. The third-order valence-corrected chi connectivity index (χ3v) is 3.46. The summed E-state index contributed by atoms with van der Waals surface area (Å²) in [6, 6.07) is 1.32. The summed E-state index contributed by atoms with van der Waals surface area (Å²) in [5.41, 5.74) is -0.0428. The Hall–Kier alpha value is -0.860. The molecular formula is C13H17Br2FO5. The lowest BCUT2D eigenvalue weighted by atomic mass is 10.0. The van der Waals surface area contributed by atoms with Crippen molar-refractivity contribution in [3.05, 3.63) is 16.1 Å². The Kier molecular flexibility index (Phi) is 10.4. The predicted octanol–water partition coefficient (Wildman–Crippen LogP) is 4.83. The van der Waals surface area contributed by atoms with Crippen molar-refractivity contribution in [3.63, 3.8) is 0 Å². The van der Waals surface area contributed by atoms with Crippen molar-refractivity contribution >= 4 is 38.0 Å². The molecule has 0 saturated heterocycles. The molecule has 21 heavy (non-hydrogen) atoms. The van der Waals surface area contributed by atoms with E-state index in [0.717, 1.165) is 19.3 Å². The number of ketones is 1. The van der Waals surface area contributed by atoms with Crippen molar-refractivity contribution in [3.8, 4) is 17.2 Å². The van der Waals surface area contributed by atoms with Gasteiger partial charge in [0.15, 0.2) is 5.78 Å². The zero-order valence-corrected chi connectivity index (χ0v) is 14.8. The van der Waals surface area contributed by atoms with Crippen LogP contribution in [0.15, 0.2) is 10.5 Å². The highest BCUT2D eigenvalue weighted by Gasteiger charge is 2.21. The average Bonchev–Trinajstić information content (AvgIpc) is 2.44. The molecule has 0 spiro atoms. The van der Waals surface area contributed by atoms with Crippen LogP contribution in [0.5, 0.6) is 17.2 Å². The van der Waals surface area contributed by atoms with E-state index in [9.17, 15) is 19.5 Å². The lowest BCUT2D eigenvalue weighted by Gasteiger charge is -2.11. The van der Waals surface area contributed by atoms with Crippen LogP contribution in [0.2, 0.25) is 0 Å². The number of unbranched alkanes of at least 4 members (excludes halogenated alkanes) is 2. The number of phenolic OH excluding ortho intramolecular Hbond substituents is 2. The SMILES string of the molecule is CCCCCC(=O)c1c(O)cc(OC)c(Br)c1O.FOBr. The number of aromatic hydroxyl groups is 2. The van der Waals surface area contributed by atoms with E-state index < -0.39 is 0 Å². The summed E-state index contributed by atoms with van der Waals surface area (Å²) >= 11 is 5.12. The van der Waals surface area contributed by atoms with E-state index >= 15 is 0 Å². The first-order chi connectivity index (χ1) is 9.94. The van der Waals surface area contributed by atoms with Crippen LogP contribution in [-0.4, -0.2) is 23.1 Å². The number of ether oxygens (including phenoxy) is 1. The number of methoxy groups -OCH3 is 1. The zero-order chi connectivity index (χ0) is 16.4. The number of hydrogen-bond donors (Lipinski definition) is 2. The maximum atomic E-state index is 11.9. The summed E-state index contributed by atoms with van der Waals surface area (Å²) in [7, 11) is 1.42. The van der Waals surface area contributed by atoms with Gasteiger partial charge in [0.05, 0.1) is 7.11 Å². The molecular weight excluding hydrogens is 415 g/mol. The van der Waals surface area contributed by atoms with Crippen molar-refractivity contribution < 1.29 is 28.3 Å². The Labute approximate surface area is 139 Å². The van der Waals surface area contributed by atoms with Gasteiger partial charge in [0.25, 0.3) is 0 Å². The van der Waals surface area contributed by atoms with Crippen LogP contribution in [-0.2, 0) is 4.03 Å². The fourth-order valence-electron chi connectivity index (χ4n) is 1.69. The predicted molar refractivity (Wildman–Crippen MR) is 83.6 cm³/mol. The van der Waals surface area contributed by atoms with E-state index in [2.05, 4.69) is 20.0 Å². The second-order valence-electron chi connectivity index (χ2n) is 4.07. The van der Waals surface area contributed by atoms with E-state index in [4.69, 9.17) is 4.74 Å². The van der Waals surface area contributed by atoms with Crippen molar-refractivity contribution in [1.82, 2.24) is 0 Å². The van der Waals surface area contributed by atoms with E-state index in [1.54, 1.807) is 0 Å². The van der Waals surface area contributed by atoms with Gasteiger partial charge in [-0.15, -0.1) is 4.03 Å². The standard InChI is InChI=1S/C13H17BrO4.BrFO/c1-3-4-5-6-8(15)11-9(16)7-10(18-2)12(14)13(11)17;1-3-2/h7,16-17H,3-6H2,1-2H3;. The molecule has 1 aromatic carbocycles. The first kappa shape index (κ1) is 20.1. The first-order valence-corrected chi connectivity index (χ1v) is 7.59. The molecule has 1 rings (SSSR count). The second kappa shape index (κ2) is 10.8. The molecule has 0 bridgehead atoms. The molecule has 0 fully saturated rings. The monoisotopic (exact) mass is 430 g/mol. The van der Waals surface area contributed by atoms with Crippen LogP contribution >= 0.6 is 32.2 Å². The van der Waals surface area contributed by atoms with Gasteiger partial charge in [-0.3, -0.25) is 4.79 Å². The van der Waals surface area contributed by atoms with Crippen LogP contribution in [0.1, 0.15) is 43.0 Å². The Morgan fingerprint density at radius 1 is 1.38 bits per heavy atom. The summed E-state index contributed by atoms with van der Waals surface area (Å²) in [6.45, 7) is 2.05. The molecule has 0 heterocycles. The molecule has 0 radical (unpaired) electrons. The molecule has 2 N–H and O–H groups in total. The molecule has 5 nitrogen and oxygen atoms in total. The molecule has 8 heteroatoms. The average molecular weight is 432 g/mol. The zero-order valence-electron chi connectivity index (χ0n) is 11.7. The minimum Gasteiger partial charge on any atom is -0.507 e. The van der Waals surface area contributed by atoms with Crippen molar-refractivity contribution in [2.75, 3.05) is 7.11 Å². The normalized spacial score (nSPS) is 9.76. The van der Waals surface area contributed by atoms with Gasteiger partial charge in [0, 0.05) is 12.5 Å². The van der Waals surface area contributed by atoms with Crippen LogP contribution in [0, 0.1) is 0 Å². The van der Waals surface area contributed by atoms with Crippen LogP contribution in [0.3, 0.4) is 0 Å². The lowest BCUT2D eigenvalue weighted by molar-refractivity contribution is 0.0381. The highest BCUT2D eigenvalue weighted by molar-refractivity contribution is 9.10. The summed E-state index contributed by atoms with van der Waals surface area (Å²) < 4.78 is 17.5. The second-order valence-corrected chi connectivity index (χ2v) is 5.11. The van der Waals surface area contributed by atoms with Crippen LogP contribution in [0.4, 0.5) is 4.53 Å². The Bertz CT molecular complexity index is 468. The maximum Gasteiger partial charge on any atom is 0.170 e. The fraction of sp³-hybridized carbons (Fsp3) is 0.462. The van der Waals surface area contributed by atoms with Gasteiger partial charge in [-0.25, -0.2) is 0 Å². The summed E-state index contributed by atoms with van der Waals surface area (Å²) in [5.74, 6) is -0.501. The lowest BCUT2D eigenvalue weighted by Crippen LogP contribution is -2.01. The molecule has 0 aliphatic carbocycles. The number of rotatable bonds is 6. The first-order valence-electron chi connectivity index (χ1n) is 6.15. The summed E-state index contributed by atoms with van der Waals surface area (Å²) in [4.78, 5) is 11.9. The quantitative estimate of drug-likeness (QED) is 0.498. The Morgan fingerprint density at radius 2 is 1.95 bits per heavy atom. The molecule has 0 aromatic heterocycles. The summed E-state index contributed by atoms with van der Waals surface area (Å²) in [5, 5.41) is 19.7. The van der Waals surface area contributed by atoms with Crippen molar-refractivity contribution in [2.24, 2.45) is 0 Å². The van der Waals surface area contributed by atoms with Crippen molar-refractivity contribution in [2.45, 2.75) is 32.6 Å². The molecule has 0 saturated carbocycles. The van der Waals surface area contributed by atoms with E-state index in [1.165, 1.54) is 13.2 Å². The molecule has 0 aliphatic rings. The van der Waals surface area contributed by atoms with E-state index in [1.807, 2.05) is 23.2 Å². The van der Waals surface area contributed by atoms with Gasteiger partial charge in [0.1, 0.15) is 43.5 Å². The molecule has 0 atom stereocenters. The van der Waals surface area contributed by atoms with Gasteiger partial charge < -0.3 is 14.9 Å². The minimum atomic E-state index is -0.270. The largest absolute Gasteiger partial charge is 0.507 e. The maximum absolute atomic E-state index is 11.9. The topological polar surface area (TPSA) is 76.0 Å². The van der Waals surface area contributed by atoms with Crippen molar-refractivity contribution in [1.29, 1.82) is 0 Å². The fourth-order valence-corrected chi connectivity index (χ4v) is 2.17. The number of Topliss-reactive ketones (excluding diaryl/α,β-unsaturated/α-hetero) is 1. The van der Waals surface area contributed by atoms with Gasteiger partial charge >= 0.3 is 0 Å². The van der Waals surface area contributed by atoms with Crippen LogP contribution in [0.25, 0.3) is 0 Å². The van der Waals surface area contributed by atoms with Gasteiger partial charge in [0.2, 0.25) is 0 Å². The highest BCUT2D eigenvalue weighted by Crippen LogP contribution is 2.42. The minimum absolute atomic E-state index is 0.0428. The van der Waals surface area contributed by atoms with Gasteiger partial charge in [-0.05, 0) is 26.9 Å². The molecule has 0 amide bonds. The van der Waals surface area contributed by atoms with Gasteiger partial charge in [-0.2, -0.15) is 0 Å². The third-order valence-electron chi connectivity index (χ3n) is 2.69. The number of halogens is 3. The number of phenols is 2.